The van der Waals surface area contributed by atoms with E-state index in [-0.39, 0.29) is 17.9 Å². The van der Waals surface area contributed by atoms with Crippen molar-refractivity contribution >= 4 is 29.1 Å². The SMILES string of the molecule is Nc1ccc(C(=O)NC2CNC(=O)C2)c(Cl)c1. The Morgan fingerprint density at radius 1 is 1.53 bits per heavy atom. The number of benzene rings is 1. The van der Waals surface area contributed by atoms with Gasteiger partial charge in [-0.2, -0.15) is 0 Å². The second-order valence-corrected chi connectivity index (χ2v) is 4.33. The summed E-state index contributed by atoms with van der Waals surface area (Å²) >= 11 is 5.92. The van der Waals surface area contributed by atoms with Crippen molar-refractivity contribution in [1.82, 2.24) is 10.6 Å². The minimum absolute atomic E-state index is 0.0568. The van der Waals surface area contributed by atoms with E-state index in [9.17, 15) is 9.59 Å². The fourth-order valence-corrected chi connectivity index (χ4v) is 1.96. The number of nitrogen functional groups attached to an aromatic ring is 1. The van der Waals surface area contributed by atoms with Gasteiger partial charge in [-0.1, -0.05) is 11.6 Å². The van der Waals surface area contributed by atoms with E-state index in [0.29, 0.717) is 29.2 Å². The number of halogens is 1. The number of nitrogens with one attached hydrogen (secondary N) is 2. The Labute approximate surface area is 103 Å². The van der Waals surface area contributed by atoms with Crippen LogP contribution in [0.4, 0.5) is 5.69 Å². The standard InChI is InChI=1S/C11H12ClN3O2/c12-9-3-6(13)1-2-8(9)11(17)15-7-4-10(16)14-5-7/h1-3,7H,4-5,13H2,(H,14,16)(H,15,17). The molecule has 5 nitrogen and oxygen atoms in total. The minimum atomic E-state index is -0.295. The number of rotatable bonds is 2. The second-order valence-electron chi connectivity index (χ2n) is 3.92. The molecule has 1 aromatic rings. The summed E-state index contributed by atoms with van der Waals surface area (Å²) in [5.41, 5.74) is 6.40. The Kier molecular flexibility index (Phi) is 3.19. The first kappa shape index (κ1) is 11.7. The smallest absolute Gasteiger partial charge is 0.253 e. The van der Waals surface area contributed by atoms with Crippen LogP contribution < -0.4 is 16.4 Å². The van der Waals surface area contributed by atoms with Gasteiger partial charge in [0, 0.05) is 18.7 Å². The molecule has 1 heterocycles. The number of carbonyl (C=O) groups excluding carboxylic acids is 2. The van der Waals surface area contributed by atoms with E-state index in [1.54, 1.807) is 12.1 Å². The molecule has 1 atom stereocenters. The first-order chi connectivity index (χ1) is 8.06. The van der Waals surface area contributed by atoms with E-state index >= 15 is 0 Å². The van der Waals surface area contributed by atoms with Gasteiger partial charge in [0.2, 0.25) is 5.91 Å². The predicted octanol–water partition coefficient (Wildman–Crippen LogP) is 0.541. The highest BCUT2D eigenvalue weighted by Crippen LogP contribution is 2.19. The van der Waals surface area contributed by atoms with Crippen LogP contribution in [-0.4, -0.2) is 24.4 Å². The molecule has 90 valence electrons. The Bertz CT molecular complexity index is 476. The van der Waals surface area contributed by atoms with Crippen LogP contribution in [0.2, 0.25) is 5.02 Å². The fourth-order valence-electron chi connectivity index (χ4n) is 1.69. The van der Waals surface area contributed by atoms with Crippen molar-refractivity contribution < 1.29 is 9.59 Å². The molecule has 1 unspecified atom stereocenters. The molecule has 6 heteroatoms. The highest BCUT2D eigenvalue weighted by atomic mass is 35.5. The van der Waals surface area contributed by atoms with E-state index in [0.717, 1.165) is 0 Å². The van der Waals surface area contributed by atoms with Crippen molar-refractivity contribution in [3.63, 3.8) is 0 Å². The van der Waals surface area contributed by atoms with Crippen molar-refractivity contribution in [2.75, 3.05) is 12.3 Å². The third kappa shape index (κ3) is 2.68. The highest BCUT2D eigenvalue weighted by molar-refractivity contribution is 6.34. The average molecular weight is 254 g/mol. The first-order valence-electron chi connectivity index (χ1n) is 5.19. The molecule has 4 N–H and O–H groups in total. The van der Waals surface area contributed by atoms with Gasteiger partial charge in [-0.05, 0) is 18.2 Å². The van der Waals surface area contributed by atoms with Crippen LogP contribution in [0.5, 0.6) is 0 Å². The van der Waals surface area contributed by atoms with Gasteiger partial charge in [0.05, 0.1) is 16.6 Å². The lowest BCUT2D eigenvalue weighted by Gasteiger charge is -2.11. The number of amides is 2. The molecule has 1 aliphatic heterocycles. The molecular formula is C11H12ClN3O2. The van der Waals surface area contributed by atoms with E-state index < -0.39 is 0 Å². The Hall–Kier alpha value is -1.75. The Morgan fingerprint density at radius 2 is 2.29 bits per heavy atom. The van der Waals surface area contributed by atoms with Crippen LogP contribution in [0.1, 0.15) is 16.8 Å². The maximum absolute atomic E-state index is 11.9. The quantitative estimate of drug-likeness (QED) is 0.673. The van der Waals surface area contributed by atoms with Crippen molar-refractivity contribution in [3.05, 3.63) is 28.8 Å². The third-order valence-electron chi connectivity index (χ3n) is 2.55. The number of carbonyl (C=O) groups is 2. The van der Waals surface area contributed by atoms with E-state index in [1.807, 2.05) is 0 Å². The summed E-state index contributed by atoms with van der Waals surface area (Å²) in [6, 6.07) is 4.52. The van der Waals surface area contributed by atoms with Crippen LogP contribution in [0.3, 0.4) is 0 Å². The molecule has 0 bridgehead atoms. The minimum Gasteiger partial charge on any atom is -0.399 e. The van der Waals surface area contributed by atoms with Crippen LogP contribution in [0, 0.1) is 0 Å². The normalized spacial score (nSPS) is 18.9. The molecule has 2 amide bonds. The molecule has 1 aromatic carbocycles. The van der Waals surface area contributed by atoms with Crippen molar-refractivity contribution in [3.8, 4) is 0 Å². The summed E-state index contributed by atoms with van der Waals surface area (Å²) in [5.74, 6) is -0.352. The van der Waals surface area contributed by atoms with E-state index in [4.69, 9.17) is 17.3 Å². The molecule has 0 aromatic heterocycles. The summed E-state index contributed by atoms with van der Waals surface area (Å²) in [6.45, 7) is 0.456. The first-order valence-corrected chi connectivity index (χ1v) is 5.56. The Balaban J connectivity index is 2.07. The molecule has 2 rings (SSSR count). The van der Waals surface area contributed by atoms with Gasteiger partial charge in [-0.3, -0.25) is 9.59 Å². The number of hydrogen-bond acceptors (Lipinski definition) is 3. The molecule has 0 aliphatic carbocycles. The molecule has 0 radical (unpaired) electrons. The van der Waals surface area contributed by atoms with Gasteiger partial charge in [-0.15, -0.1) is 0 Å². The summed E-state index contributed by atoms with van der Waals surface area (Å²) in [4.78, 5) is 22.8. The van der Waals surface area contributed by atoms with Crippen LogP contribution in [-0.2, 0) is 4.79 Å². The lowest BCUT2D eigenvalue weighted by atomic mass is 10.1. The van der Waals surface area contributed by atoms with Crippen LogP contribution >= 0.6 is 11.6 Å². The number of anilines is 1. The fraction of sp³-hybridized carbons (Fsp3) is 0.273. The summed E-state index contributed by atoms with van der Waals surface area (Å²) in [5, 5.41) is 5.69. The molecule has 17 heavy (non-hydrogen) atoms. The van der Waals surface area contributed by atoms with Crippen LogP contribution in [0.15, 0.2) is 18.2 Å². The number of hydrogen-bond donors (Lipinski definition) is 3. The van der Waals surface area contributed by atoms with E-state index in [2.05, 4.69) is 10.6 Å². The summed E-state index contributed by atoms with van der Waals surface area (Å²) in [6.07, 6.45) is 0.304. The average Bonchev–Trinajstić information content (AvgIpc) is 2.63. The summed E-state index contributed by atoms with van der Waals surface area (Å²) < 4.78 is 0. The lowest BCUT2D eigenvalue weighted by Crippen LogP contribution is -2.36. The zero-order chi connectivity index (χ0) is 12.4. The van der Waals surface area contributed by atoms with Crippen molar-refractivity contribution in [1.29, 1.82) is 0 Å². The molecular weight excluding hydrogens is 242 g/mol. The zero-order valence-corrected chi connectivity index (χ0v) is 9.75. The monoisotopic (exact) mass is 253 g/mol. The van der Waals surface area contributed by atoms with Gasteiger partial charge in [-0.25, -0.2) is 0 Å². The van der Waals surface area contributed by atoms with E-state index in [1.165, 1.54) is 6.07 Å². The largest absolute Gasteiger partial charge is 0.399 e. The summed E-state index contributed by atoms with van der Waals surface area (Å²) in [7, 11) is 0. The third-order valence-corrected chi connectivity index (χ3v) is 2.86. The van der Waals surface area contributed by atoms with Gasteiger partial charge in [0.1, 0.15) is 0 Å². The maximum Gasteiger partial charge on any atom is 0.253 e. The second kappa shape index (κ2) is 4.63. The molecule has 0 spiro atoms. The van der Waals surface area contributed by atoms with Gasteiger partial charge in [0.25, 0.3) is 5.91 Å². The van der Waals surface area contributed by atoms with Crippen LogP contribution in [0.25, 0.3) is 0 Å². The number of nitrogens with two attached hydrogens (primary N) is 1. The van der Waals surface area contributed by atoms with Gasteiger partial charge >= 0.3 is 0 Å². The molecule has 1 aliphatic rings. The molecule has 0 saturated carbocycles. The maximum atomic E-state index is 11.9. The molecule has 1 saturated heterocycles. The predicted molar refractivity (Wildman–Crippen MR) is 64.7 cm³/mol. The highest BCUT2D eigenvalue weighted by Gasteiger charge is 2.23. The van der Waals surface area contributed by atoms with Crippen molar-refractivity contribution in [2.45, 2.75) is 12.5 Å². The zero-order valence-electron chi connectivity index (χ0n) is 9.00. The van der Waals surface area contributed by atoms with Crippen molar-refractivity contribution in [2.24, 2.45) is 0 Å². The molecule has 1 fully saturated rings. The Morgan fingerprint density at radius 3 is 2.88 bits per heavy atom. The lowest BCUT2D eigenvalue weighted by molar-refractivity contribution is -0.119. The topological polar surface area (TPSA) is 84.2 Å². The van der Waals surface area contributed by atoms with Gasteiger partial charge in [0.15, 0.2) is 0 Å². The van der Waals surface area contributed by atoms with Gasteiger partial charge < -0.3 is 16.4 Å².